The van der Waals surface area contributed by atoms with Crippen molar-refractivity contribution in [1.82, 2.24) is 4.90 Å². The third-order valence-electron chi connectivity index (χ3n) is 4.09. The van der Waals surface area contributed by atoms with Gasteiger partial charge in [-0.2, -0.15) is 0 Å². The summed E-state index contributed by atoms with van der Waals surface area (Å²) in [5.41, 5.74) is -1.39. The average Bonchev–Trinajstić information content (AvgIpc) is 2.91. The lowest BCUT2D eigenvalue weighted by molar-refractivity contribution is -0.157. The second-order valence-electron chi connectivity index (χ2n) is 7.39. The van der Waals surface area contributed by atoms with E-state index in [0.717, 1.165) is 10.5 Å². The molecule has 2 rings (SSSR count). The van der Waals surface area contributed by atoms with Crippen LogP contribution in [0.2, 0.25) is 0 Å². The highest BCUT2D eigenvalue weighted by Gasteiger charge is 2.56. The molecule has 1 aromatic rings. The van der Waals surface area contributed by atoms with Gasteiger partial charge in [0.1, 0.15) is 11.8 Å². The van der Waals surface area contributed by atoms with Crippen molar-refractivity contribution in [2.75, 3.05) is 20.3 Å². The Labute approximate surface area is 153 Å². The fourth-order valence-electron chi connectivity index (χ4n) is 2.97. The minimum atomic E-state index is -1.54. The highest BCUT2D eigenvalue weighted by atomic mass is 19.1. The molecule has 0 radical (unpaired) electrons. The molecule has 0 aliphatic carbocycles. The molecule has 1 aromatic carbocycles. The first-order chi connectivity index (χ1) is 12.2. The normalized spacial score (nSPS) is 23.0. The Bertz CT molecular complexity index is 631. The number of carbonyl (C=O) groups is 2. The Morgan fingerprint density at radius 3 is 2.50 bits per heavy atom. The maximum Gasteiger partial charge on any atom is 0.411 e. The van der Waals surface area contributed by atoms with Crippen LogP contribution in [-0.2, 0) is 25.6 Å². The molecule has 1 aliphatic heterocycles. The number of nitrogens with zero attached hydrogens (tertiary/aromatic N) is 1. The number of likely N-dealkylation sites (tertiary alicyclic amines) is 1. The maximum atomic E-state index is 14.2. The third kappa shape index (κ3) is 4.72. The van der Waals surface area contributed by atoms with Crippen molar-refractivity contribution in [2.24, 2.45) is 0 Å². The summed E-state index contributed by atoms with van der Waals surface area (Å²) in [4.78, 5) is 26.1. The van der Waals surface area contributed by atoms with E-state index in [9.17, 15) is 14.0 Å². The van der Waals surface area contributed by atoms with Crippen LogP contribution in [0, 0.1) is 0 Å². The number of hydrogen-bond donors (Lipinski definition) is 0. The molecule has 1 amide bonds. The molecule has 0 N–H and O–H groups in total. The summed E-state index contributed by atoms with van der Waals surface area (Å²) in [5.74, 6) is -0.712. The fraction of sp³-hybridized carbons (Fsp3) is 0.579. The van der Waals surface area contributed by atoms with Crippen molar-refractivity contribution >= 4 is 12.1 Å². The van der Waals surface area contributed by atoms with Gasteiger partial charge in [0.2, 0.25) is 0 Å². The smallest absolute Gasteiger partial charge is 0.411 e. The second-order valence-corrected chi connectivity index (χ2v) is 7.39. The summed E-state index contributed by atoms with van der Waals surface area (Å²) in [7, 11) is 1.21. The van der Waals surface area contributed by atoms with Crippen LogP contribution in [-0.4, -0.2) is 54.5 Å². The molecule has 1 fully saturated rings. The average molecular weight is 367 g/mol. The van der Waals surface area contributed by atoms with Crippen molar-refractivity contribution in [3.05, 3.63) is 35.9 Å². The van der Waals surface area contributed by atoms with E-state index in [2.05, 4.69) is 0 Å². The molecule has 7 heteroatoms. The van der Waals surface area contributed by atoms with Gasteiger partial charge >= 0.3 is 12.1 Å². The van der Waals surface area contributed by atoms with Gasteiger partial charge in [0.05, 0.1) is 26.9 Å². The van der Waals surface area contributed by atoms with Gasteiger partial charge in [0, 0.05) is 6.42 Å². The second kappa shape index (κ2) is 8.03. The molecule has 1 heterocycles. The van der Waals surface area contributed by atoms with Crippen molar-refractivity contribution < 1.29 is 28.2 Å². The van der Waals surface area contributed by atoms with Crippen LogP contribution >= 0.6 is 0 Å². The number of rotatable bonds is 5. The Kier molecular flexibility index (Phi) is 6.23. The van der Waals surface area contributed by atoms with E-state index in [1.54, 1.807) is 20.8 Å². The first-order valence-corrected chi connectivity index (χ1v) is 8.53. The lowest BCUT2D eigenvalue weighted by Crippen LogP contribution is -2.57. The molecular formula is C19H26FNO5. The number of halogens is 1. The van der Waals surface area contributed by atoms with E-state index in [1.165, 1.54) is 7.11 Å². The Balaban J connectivity index is 2.18. The summed E-state index contributed by atoms with van der Waals surface area (Å²) < 4.78 is 30.1. The number of benzene rings is 1. The van der Waals surface area contributed by atoms with Crippen LogP contribution in [0.15, 0.2) is 30.3 Å². The number of methoxy groups -OCH3 is 1. The molecule has 0 saturated carbocycles. The van der Waals surface area contributed by atoms with Crippen LogP contribution in [0.1, 0.15) is 32.8 Å². The Morgan fingerprint density at radius 1 is 1.27 bits per heavy atom. The van der Waals surface area contributed by atoms with Crippen LogP contribution in [0.5, 0.6) is 0 Å². The number of alkyl halides is 1. The zero-order valence-electron chi connectivity index (χ0n) is 15.7. The summed E-state index contributed by atoms with van der Waals surface area (Å²) in [5, 5.41) is 0. The van der Waals surface area contributed by atoms with E-state index in [0.29, 0.717) is 0 Å². The van der Waals surface area contributed by atoms with E-state index < -0.39 is 29.4 Å². The first-order valence-electron chi connectivity index (χ1n) is 8.53. The van der Waals surface area contributed by atoms with Crippen LogP contribution < -0.4 is 0 Å². The Morgan fingerprint density at radius 2 is 1.92 bits per heavy atom. The molecule has 144 valence electrons. The van der Waals surface area contributed by atoms with Gasteiger partial charge in [0.15, 0.2) is 5.54 Å². The predicted octanol–water partition coefficient (Wildman–Crippen LogP) is 3.09. The predicted molar refractivity (Wildman–Crippen MR) is 93.3 cm³/mol. The molecule has 0 spiro atoms. The van der Waals surface area contributed by atoms with Gasteiger partial charge in [-0.05, 0) is 26.3 Å². The van der Waals surface area contributed by atoms with E-state index >= 15 is 0 Å². The van der Waals surface area contributed by atoms with Gasteiger partial charge in [-0.1, -0.05) is 30.3 Å². The standard InChI is InChI=1S/C19H26FNO5/c1-18(2,3)26-17(23)21-11-15(20)10-19(21,16(22)24-4)13-25-12-14-8-6-5-7-9-14/h5-9,15H,10-13H2,1-4H3/t15-,19+/m1/s1. The topological polar surface area (TPSA) is 65.1 Å². The molecule has 1 saturated heterocycles. The molecular weight excluding hydrogens is 341 g/mol. The van der Waals surface area contributed by atoms with Crippen LogP contribution in [0.4, 0.5) is 9.18 Å². The van der Waals surface area contributed by atoms with Crippen molar-refractivity contribution in [3.8, 4) is 0 Å². The number of ether oxygens (including phenoxy) is 3. The highest BCUT2D eigenvalue weighted by molar-refractivity contribution is 5.87. The lowest BCUT2D eigenvalue weighted by Gasteiger charge is -2.36. The van der Waals surface area contributed by atoms with Gasteiger partial charge in [-0.15, -0.1) is 0 Å². The number of esters is 1. The molecule has 26 heavy (non-hydrogen) atoms. The minimum absolute atomic E-state index is 0.172. The van der Waals surface area contributed by atoms with Crippen molar-refractivity contribution in [1.29, 1.82) is 0 Å². The van der Waals surface area contributed by atoms with Crippen molar-refractivity contribution in [2.45, 2.75) is 51.1 Å². The fourth-order valence-corrected chi connectivity index (χ4v) is 2.97. The lowest BCUT2D eigenvalue weighted by atomic mass is 9.97. The molecule has 0 aromatic heterocycles. The van der Waals surface area contributed by atoms with Crippen molar-refractivity contribution in [3.63, 3.8) is 0 Å². The molecule has 1 aliphatic rings. The van der Waals surface area contributed by atoms with Crippen LogP contribution in [0.25, 0.3) is 0 Å². The molecule has 0 unspecified atom stereocenters. The highest BCUT2D eigenvalue weighted by Crippen LogP contribution is 2.34. The monoisotopic (exact) mass is 367 g/mol. The number of hydrogen-bond acceptors (Lipinski definition) is 5. The Hall–Kier alpha value is -2.15. The molecule has 6 nitrogen and oxygen atoms in total. The van der Waals surface area contributed by atoms with E-state index in [1.807, 2.05) is 30.3 Å². The van der Waals surface area contributed by atoms with Crippen LogP contribution in [0.3, 0.4) is 0 Å². The quantitative estimate of drug-likeness (QED) is 0.748. The van der Waals surface area contributed by atoms with Gasteiger partial charge in [0.25, 0.3) is 0 Å². The summed E-state index contributed by atoms with van der Waals surface area (Å²) >= 11 is 0. The molecule has 0 bridgehead atoms. The SMILES string of the molecule is COC(=O)[C@@]1(COCc2ccccc2)C[C@@H](F)CN1C(=O)OC(C)(C)C. The number of carbonyl (C=O) groups excluding carboxylic acids is 2. The summed E-state index contributed by atoms with van der Waals surface area (Å²) in [6.07, 6.45) is -2.30. The van der Waals surface area contributed by atoms with Gasteiger partial charge in [-0.3, -0.25) is 4.90 Å². The summed E-state index contributed by atoms with van der Waals surface area (Å²) in [6, 6.07) is 9.38. The zero-order chi connectivity index (χ0) is 19.4. The minimum Gasteiger partial charge on any atom is -0.467 e. The van der Waals surface area contributed by atoms with E-state index in [-0.39, 0.29) is 26.2 Å². The summed E-state index contributed by atoms with van der Waals surface area (Å²) in [6.45, 7) is 4.95. The largest absolute Gasteiger partial charge is 0.467 e. The first kappa shape index (κ1) is 20.2. The number of amides is 1. The zero-order valence-corrected chi connectivity index (χ0v) is 15.7. The van der Waals surface area contributed by atoms with E-state index in [4.69, 9.17) is 14.2 Å². The molecule has 2 atom stereocenters. The van der Waals surface area contributed by atoms with Gasteiger partial charge < -0.3 is 14.2 Å². The third-order valence-corrected chi connectivity index (χ3v) is 4.09. The maximum absolute atomic E-state index is 14.2. The van der Waals surface area contributed by atoms with Gasteiger partial charge in [-0.25, -0.2) is 14.0 Å².